The van der Waals surface area contributed by atoms with Gasteiger partial charge in [-0.15, -0.1) is 0 Å². The number of carbonyl (C=O) groups excluding carboxylic acids is 1. The molecular weight excluding hydrogens is 519 g/mol. The first-order valence-electron chi connectivity index (χ1n) is 10.6. The molecule has 34 heavy (non-hydrogen) atoms. The van der Waals surface area contributed by atoms with Gasteiger partial charge in [0.1, 0.15) is 12.4 Å². The molecular formula is C26H22BrFN2O3S. The Bertz CT molecular complexity index is 1280. The van der Waals surface area contributed by atoms with Crippen LogP contribution in [0, 0.1) is 5.82 Å². The third-order valence-corrected chi connectivity index (χ3v) is 6.55. The summed E-state index contributed by atoms with van der Waals surface area (Å²) in [6.07, 6.45) is 2.73. The molecule has 0 spiro atoms. The highest BCUT2D eigenvalue weighted by Gasteiger charge is 2.24. The summed E-state index contributed by atoms with van der Waals surface area (Å²) in [5, 5.41) is 3.34. The van der Waals surface area contributed by atoms with Crippen molar-refractivity contribution < 1.29 is 18.7 Å². The Balaban J connectivity index is 1.52. The third-order valence-electron chi connectivity index (χ3n) is 5.05. The summed E-state index contributed by atoms with van der Waals surface area (Å²) in [6.45, 7) is 2.28. The van der Waals surface area contributed by atoms with E-state index in [0.717, 1.165) is 17.7 Å². The van der Waals surface area contributed by atoms with E-state index in [-0.39, 0.29) is 18.3 Å². The smallest absolute Gasteiger partial charge is 0.264 e. The average Bonchev–Trinajstić information content (AvgIpc) is 3.16. The summed E-state index contributed by atoms with van der Waals surface area (Å²) in [5.41, 5.74) is 3.48. The lowest BCUT2D eigenvalue weighted by molar-refractivity contribution is -0.115. The molecule has 8 heteroatoms. The highest BCUT2D eigenvalue weighted by atomic mass is 79.9. The number of thioether (sulfide) groups is 1. The van der Waals surface area contributed by atoms with Gasteiger partial charge >= 0.3 is 0 Å². The fraction of sp³-hybridized carbons (Fsp3) is 0.154. The van der Waals surface area contributed by atoms with Crippen LogP contribution in [0.4, 0.5) is 10.1 Å². The van der Waals surface area contributed by atoms with Crippen molar-refractivity contribution in [3.8, 4) is 11.5 Å². The van der Waals surface area contributed by atoms with Crippen molar-refractivity contribution in [2.24, 2.45) is 4.99 Å². The number of hydrogen-bond acceptors (Lipinski definition) is 5. The molecule has 1 N–H and O–H groups in total. The normalized spacial score (nSPS) is 15.6. The molecule has 0 radical (unpaired) electrons. The van der Waals surface area contributed by atoms with E-state index in [2.05, 4.69) is 33.2 Å². The van der Waals surface area contributed by atoms with Crippen LogP contribution in [0.3, 0.4) is 0 Å². The van der Waals surface area contributed by atoms with Crippen LogP contribution in [0.15, 0.2) is 75.0 Å². The van der Waals surface area contributed by atoms with Crippen molar-refractivity contribution in [1.82, 2.24) is 5.32 Å². The Hall–Kier alpha value is -3.10. The SMILES string of the molecule is CCc1ccc(N=C2NC(=O)/C(=C/c3cc(Br)c(OCc4cccc(F)c4)c(OC)c3)S2)cc1. The van der Waals surface area contributed by atoms with Crippen molar-refractivity contribution in [1.29, 1.82) is 0 Å². The van der Waals surface area contributed by atoms with Crippen LogP contribution in [-0.4, -0.2) is 18.2 Å². The van der Waals surface area contributed by atoms with Gasteiger partial charge in [0.25, 0.3) is 5.91 Å². The van der Waals surface area contributed by atoms with Crippen LogP contribution in [-0.2, 0) is 17.8 Å². The number of carbonyl (C=O) groups is 1. The molecule has 174 valence electrons. The minimum Gasteiger partial charge on any atom is -0.493 e. The number of aryl methyl sites for hydroxylation is 1. The summed E-state index contributed by atoms with van der Waals surface area (Å²) < 4.78 is 25.5. The summed E-state index contributed by atoms with van der Waals surface area (Å²) in [4.78, 5) is 17.5. The van der Waals surface area contributed by atoms with Gasteiger partial charge in [0.15, 0.2) is 16.7 Å². The second-order valence-electron chi connectivity index (χ2n) is 7.45. The molecule has 0 aliphatic carbocycles. The number of hydrogen-bond donors (Lipinski definition) is 1. The Morgan fingerprint density at radius 1 is 1.12 bits per heavy atom. The van der Waals surface area contributed by atoms with Gasteiger partial charge < -0.3 is 14.8 Å². The number of amidine groups is 1. The van der Waals surface area contributed by atoms with Crippen LogP contribution >= 0.6 is 27.7 Å². The molecule has 4 rings (SSSR count). The van der Waals surface area contributed by atoms with Gasteiger partial charge in [0.2, 0.25) is 0 Å². The van der Waals surface area contributed by atoms with Gasteiger partial charge in [-0.25, -0.2) is 9.38 Å². The van der Waals surface area contributed by atoms with Crippen LogP contribution in [0.2, 0.25) is 0 Å². The van der Waals surface area contributed by atoms with E-state index < -0.39 is 0 Å². The summed E-state index contributed by atoms with van der Waals surface area (Å²) >= 11 is 4.80. The number of rotatable bonds is 7. The predicted octanol–water partition coefficient (Wildman–Crippen LogP) is 6.63. The zero-order chi connectivity index (χ0) is 24.1. The van der Waals surface area contributed by atoms with E-state index >= 15 is 0 Å². The first-order valence-corrected chi connectivity index (χ1v) is 12.2. The first-order chi connectivity index (χ1) is 16.4. The average molecular weight is 541 g/mol. The number of halogens is 2. The van der Waals surface area contributed by atoms with Crippen molar-refractivity contribution in [2.75, 3.05) is 7.11 Å². The quantitative estimate of drug-likeness (QED) is 0.341. The van der Waals surface area contributed by atoms with Gasteiger partial charge in [-0.3, -0.25) is 4.79 Å². The zero-order valence-corrected chi connectivity index (χ0v) is 21.0. The molecule has 3 aromatic rings. The van der Waals surface area contributed by atoms with Crippen LogP contribution in [0.1, 0.15) is 23.6 Å². The molecule has 0 aromatic heterocycles. The number of benzene rings is 3. The van der Waals surface area contributed by atoms with E-state index in [9.17, 15) is 9.18 Å². The minimum atomic E-state index is -0.317. The molecule has 1 aliphatic rings. The third kappa shape index (κ3) is 5.87. The number of nitrogens with zero attached hydrogens (tertiary/aromatic N) is 1. The monoisotopic (exact) mass is 540 g/mol. The summed E-state index contributed by atoms with van der Waals surface area (Å²) in [6, 6.07) is 17.8. The van der Waals surface area contributed by atoms with Gasteiger partial charge in [0.05, 0.1) is 22.2 Å². The zero-order valence-electron chi connectivity index (χ0n) is 18.6. The summed E-state index contributed by atoms with van der Waals surface area (Å²) in [7, 11) is 1.54. The van der Waals surface area contributed by atoms with E-state index in [1.165, 1.54) is 29.5 Å². The van der Waals surface area contributed by atoms with Crippen molar-refractivity contribution in [3.05, 3.63) is 92.5 Å². The maximum atomic E-state index is 13.4. The molecule has 1 aliphatic heterocycles. The van der Waals surface area contributed by atoms with Gasteiger partial charge in [-0.05, 0) is 93.3 Å². The summed E-state index contributed by atoms with van der Waals surface area (Å²) in [5.74, 6) is 0.457. The minimum absolute atomic E-state index is 0.185. The Labute approximate surface area is 210 Å². The van der Waals surface area contributed by atoms with E-state index in [0.29, 0.717) is 31.6 Å². The van der Waals surface area contributed by atoms with Crippen molar-refractivity contribution in [3.63, 3.8) is 0 Å². The van der Waals surface area contributed by atoms with Crippen LogP contribution in [0.25, 0.3) is 6.08 Å². The van der Waals surface area contributed by atoms with Crippen LogP contribution in [0.5, 0.6) is 11.5 Å². The predicted molar refractivity (Wildman–Crippen MR) is 138 cm³/mol. The molecule has 0 unspecified atom stereocenters. The van der Waals surface area contributed by atoms with E-state index in [1.54, 1.807) is 31.4 Å². The maximum Gasteiger partial charge on any atom is 0.264 e. The van der Waals surface area contributed by atoms with Gasteiger partial charge in [0, 0.05) is 0 Å². The molecule has 0 bridgehead atoms. The molecule has 5 nitrogen and oxygen atoms in total. The lowest BCUT2D eigenvalue weighted by atomic mass is 10.1. The number of methoxy groups -OCH3 is 1. The molecule has 1 amide bonds. The molecule has 3 aromatic carbocycles. The fourth-order valence-electron chi connectivity index (χ4n) is 3.30. The molecule has 0 saturated carbocycles. The highest BCUT2D eigenvalue weighted by Crippen LogP contribution is 2.39. The second kappa shape index (κ2) is 10.9. The molecule has 1 saturated heterocycles. The Morgan fingerprint density at radius 2 is 1.91 bits per heavy atom. The highest BCUT2D eigenvalue weighted by molar-refractivity contribution is 9.10. The molecule has 1 heterocycles. The number of ether oxygens (including phenoxy) is 2. The lowest BCUT2D eigenvalue weighted by Gasteiger charge is -2.14. The Morgan fingerprint density at radius 3 is 2.62 bits per heavy atom. The molecule has 0 atom stereocenters. The van der Waals surface area contributed by atoms with Crippen LogP contribution < -0.4 is 14.8 Å². The van der Waals surface area contributed by atoms with Gasteiger partial charge in [-0.1, -0.05) is 31.2 Å². The second-order valence-corrected chi connectivity index (χ2v) is 9.34. The van der Waals surface area contributed by atoms with Gasteiger partial charge in [-0.2, -0.15) is 0 Å². The Kier molecular flexibility index (Phi) is 7.70. The standard InChI is InChI=1S/C26H22BrFN2O3S/c1-3-16-7-9-20(10-8-16)29-26-30-25(31)23(34-26)14-18-12-21(27)24(22(13-18)32-2)33-15-17-5-4-6-19(28)11-17/h4-14H,3,15H2,1-2H3,(H,29,30,31)/b23-14-. The first kappa shape index (κ1) is 24.0. The number of aliphatic imine (C=N–C) groups is 1. The topological polar surface area (TPSA) is 59.9 Å². The number of amides is 1. The lowest BCUT2D eigenvalue weighted by Crippen LogP contribution is -2.19. The number of nitrogens with one attached hydrogen (secondary N) is 1. The largest absolute Gasteiger partial charge is 0.493 e. The molecule has 1 fully saturated rings. The van der Waals surface area contributed by atoms with E-state index in [4.69, 9.17) is 9.47 Å². The maximum absolute atomic E-state index is 13.4. The van der Waals surface area contributed by atoms with Crippen molar-refractivity contribution >= 4 is 50.5 Å². The fourth-order valence-corrected chi connectivity index (χ4v) is 4.72. The van der Waals surface area contributed by atoms with Crippen molar-refractivity contribution in [2.45, 2.75) is 20.0 Å². The van der Waals surface area contributed by atoms with E-state index in [1.807, 2.05) is 30.3 Å².